The predicted octanol–water partition coefficient (Wildman–Crippen LogP) is 15.1. The Morgan fingerprint density at radius 2 is 1.09 bits per heavy atom. The van der Waals surface area contributed by atoms with Gasteiger partial charge in [0.1, 0.15) is 11.2 Å². The standard InChI is InChI=1S/C50H31NOS/c1-3-15-39-33(10-1)12-8-18-40(39)36-13-7-14-38(30-36)51(45-19-9-20-46-49(45)43-28-24-34-11-2-4-16-41(34)50(43)52-46)37-26-22-32(23-27-37)35-25-29-48-44(31-35)42-17-5-6-21-47(42)53-48/h1-31H. The Labute approximate surface area is 310 Å². The number of hydrogen-bond donors (Lipinski definition) is 0. The Bertz CT molecular complexity index is 3180. The van der Waals surface area contributed by atoms with Gasteiger partial charge in [-0.1, -0.05) is 127 Å². The largest absolute Gasteiger partial charge is 0.455 e. The molecule has 2 heterocycles. The molecule has 0 radical (unpaired) electrons. The number of thiophene rings is 1. The van der Waals surface area contributed by atoms with Crippen LogP contribution in [0.15, 0.2) is 192 Å². The minimum absolute atomic E-state index is 0.872. The van der Waals surface area contributed by atoms with E-state index in [1.807, 2.05) is 11.3 Å². The van der Waals surface area contributed by atoms with Gasteiger partial charge in [0.05, 0.1) is 11.1 Å². The van der Waals surface area contributed by atoms with E-state index in [0.717, 1.165) is 44.4 Å². The molecule has 0 amide bonds. The second-order valence-electron chi connectivity index (χ2n) is 13.7. The third kappa shape index (κ3) is 4.86. The SMILES string of the molecule is c1cc(-c2cccc3ccccc23)cc(N(c2ccc(-c3ccc4sc5ccccc5c4c3)cc2)c2cccc3oc4c5ccccc5ccc4c23)c1. The van der Waals surface area contributed by atoms with Crippen LogP contribution in [0.4, 0.5) is 17.1 Å². The number of rotatable bonds is 5. The Balaban J connectivity index is 1.11. The lowest BCUT2D eigenvalue weighted by atomic mass is 9.97. The molecule has 9 aromatic carbocycles. The first kappa shape index (κ1) is 30.0. The van der Waals surface area contributed by atoms with Gasteiger partial charge in [-0.25, -0.2) is 0 Å². The van der Waals surface area contributed by atoms with Crippen molar-refractivity contribution in [2.45, 2.75) is 0 Å². The first-order valence-electron chi connectivity index (χ1n) is 18.0. The summed E-state index contributed by atoms with van der Waals surface area (Å²) in [7, 11) is 0. The van der Waals surface area contributed by atoms with Gasteiger partial charge in [0.15, 0.2) is 0 Å². The minimum Gasteiger partial charge on any atom is -0.455 e. The molecule has 0 saturated heterocycles. The van der Waals surface area contributed by atoms with Crippen molar-refractivity contribution in [2.24, 2.45) is 0 Å². The monoisotopic (exact) mass is 693 g/mol. The molecule has 11 rings (SSSR count). The van der Waals surface area contributed by atoms with Crippen molar-refractivity contribution in [1.29, 1.82) is 0 Å². The number of nitrogens with zero attached hydrogens (tertiary/aromatic N) is 1. The maximum Gasteiger partial charge on any atom is 0.143 e. The summed E-state index contributed by atoms with van der Waals surface area (Å²) in [5, 5.41) is 9.61. The first-order chi connectivity index (χ1) is 26.3. The highest BCUT2D eigenvalue weighted by molar-refractivity contribution is 7.25. The number of furan rings is 1. The summed E-state index contributed by atoms with van der Waals surface area (Å²) in [6.07, 6.45) is 0. The van der Waals surface area contributed by atoms with Crippen molar-refractivity contribution >= 4 is 92.1 Å². The average Bonchev–Trinajstić information content (AvgIpc) is 3.80. The van der Waals surface area contributed by atoms with Crippen LogP contribution in [0.1, 0.15) is 0 Å². The summed E-state index contributed by atoms with van der Waals surface area (Å²) < 4.78 is 9.32. The lowest BCUT2D eigenvalue weighted by molar-refractivity contribution is 0.672. The predicted molar refractivity (Wildman–Crippen MR) is 227 cm³/mol. The van der Waals surface area contributed by atoms with E-state index in [4.69, 9.17) is 4.42 Å². The van der Waals surface area contributed by atoms with Gasteiger partial charge >= 0.3 is 0 Å². The minimum atomic E-state index is 0.872. The topological polar surface area (TPSA) is 16.4 Å². The Morgan fingerprint density at radius 1 is 0.396 bits per heavy atom. The van der Waals surface area contributed by atoms with Gasteiger partial charge in [-0.3, -0.25) is 0 Å². The van der Waals surface area contributed by atoms with Crippen LogP contribution in [0.5, 0.6) is 0 Å². The highest BCUT2D eigenvalue weighted by Crippen LogP contribution is 2.46. The second kappa shape index (κ2) is 11.9. The van der Waals surface area contributed by atoms with Crippen molar-refractivity contribution in [3.63, 3.8) is 0 Å². The Hall–Kier alpha value is -6.68. The molecule has 0 spiro atoms. The molecule has 0 unspecified atom stereocenters. The number of hydrogen-bond acceptors (Lipinski definition) is 3. The lowest BCUT2D eigenvalue weighted by Gasteiger charge is -2.27. The van der Waals surface area contributed by atoms with Gasteiger partial charge in [0, 0.05) is 42.3 Å². The van der Waals surface area contributed by atoms with E-state index in [1.54, 1.807) is 0 Å². The number of benzene rings is 9. The molecule has 2 aromatic heterocycles. The summed E-state index contributed by atoms with van der Waals surface area (Å²) >= 11 is 1.86. The summed E-state index contributed by atoms with van der Waals surface area (Å²) in [5.74, 6) is 0. The lowest BCUT2D eigenvalue weighted by Crippen LogP contribution is -2.10. The van der Waals surface area contributed by atoms with E-state index >= 15 is 0 Å². The van der Waals surface area contributed by atoms with Crippen LogP contribution in [-0.2, 0) is 0 Å². The third-order valence-electron chi connectivity index (χ3n) is 10.6. The summed E-state index contributed by atoms with van der Waals surface area (Å²) in [4.78, 5) is 2.39. The van der Waals surface area contributed by atoms with Crippen LogP contribution in [0.25, 0.3) is 85.9 Å². The van der Waals surface area contributed by atoms with E-state index in [1.165, 1.54) is 58.6 Å². The molecular weight excluding hydrogens is 663 g/mol. The van der Waals surface area contributed by atoms with Crippen molar-refractivity contribution < 1.29 is 4.42 Å². The zero-order chi connectivity index (χ0) is 34.9. The smallest absolute Gasteiger partial charge is 0.143 e. The molecule has 0 aliphatic rings. The fourth-order valence-electron chi connectivity index (χ4n) is 8.15. The van der Waals surface area contributed by atoms with E-state index in [0.29, 0.717) is 0 Å². The second-order valence-corrected chi connectivity index (χ2v) is 14.8. The molecule has 0 aliphatic heterocycles. The van der Waals surface area contributed by atoms with Crippen LogP contribution in [0, 0.1) is 0 Å². The number of fused-ring (bicyclic) bond motifs is 9. The van der Waals surface area contributed by atoms with E-state index in [2.05, 4.69) is 193 Å². The molecule has 11 aromatic rings. The van der Waals surface area contributed by atoms with E-state index in [-0.39, 0.29) is 0 Å². The van der Waals surface area contributed by atoms with Crippen molar-refractivity contribution in [1.82, 2.24) is 0 Å². The third-order valence-corrected chi connectivity index (χ3v) is 11.8. The molecule has 0 saturated carbocycles. The van der Waals surface area contributed by atoms with Gasteiger partial charge in [-0.05, 0) is 99.1 Å². The van der Waals surface area contributed by atoms with Gasteiger partial charge < -0.3 is 9.32 Å². The Kier molecular flexibility index (Phi) is 6.76. The van der Waals surface area contributed by atoms with Crippen molar-refractivity contribution in [3.8, 4) is 22.3 Å². The molecule has 0 aliphatic carbocycles. The van der Waals surface area contributed by atoms with E-state index < -0.39 is 0 Å². The van der Waals surface area contributed by atoms with Crippen molar-refractivity contribution in [3.05, 3.63) is 188 Å². The van der Waals surface area contributed by atoms with Crippen molar-refractivity contribution in [2.75, 3.05) is 4.90 Å². The van der Waals surface area contributed by atoms with Crippen LogP contribution in [0.3, 0.4) is 0 Å². The molecule has 248 valence electrons. The molecule has 0 atom stereocenters. The zero-order valence-electron chi connectivity index (χ0n) is 28.7. The molecule has 0 bridgehead atoms. The number of anilines is 3. The quantitative estimate of drug-likeness (QED) is 0.178. The van der Waals surface area contributed by atoms with Crippen LogP contribution in [0.2, 0.25) is 0 Å². The molecular formula is C50H31NOS. The maximum atomic E-state index is 6.68. The first-order valence-corrected chi connectivity index (χ1v) is 18.8. The maximum absolute atomic E-state index is 6.68. The zero-order valence-corrected chi connectivity index (χ0v) is 29.5. The molecule has 0 fully saturated rings. The average molecular weight is 694 g/mol. The van der Waals surface area contributed by atoms with Gasteiger partial charge in [0.25, 0.3) is 0 Å². The normalized spacial score (nSPS) is 11.8. The summed E-state index contributed by atoms with van der Waals surface area (Å²) in [6, 6.07) is 68.0. The van der Waals surface area contributed by atoms with Crippen LogP contribution in [-0.4, -0.2) is 0 Å². The van der Waals surface area contributed by atoms with Gasteiger partial charge in [0.2, 0.25) is 0 Å². The Morgan fingerprint density at radius 3 is 1.98 bits per heavy atom. The highest BCUT2D eigenvalue weighted by Gasteiger charge is 2.21. The highest BCUT2D eigenvalue weighted by atomic mass is 32.1. The summed E-state index contributed by atoms with van der Waals surface area (Å²) in [5.41, 5.74) is 9.82. The molecule has 2 nitrogen and oxygen atoms in total. The van der Waals surface area contributed by atoms with Crippen LogP contribution < -0.4 is 4.90 Å². The fraction of sp³-hybridized carbons (Fsp3) is 0. The molecule has 53 heavy (non-hydrogen) atoms. The molecule has 0 N–H and O–H groups in total. The van der Waals surface area contributed by atoms with Gasteiger partial charge in [-0.15, -0.1) is 11.3 Å². The van der Waals surface area contributed by atoms with Gasteiger partial charge in [-0.2, -0.15) is 0 Å². The fourth-order valence-corrected chi connectivity index (χ4v) is 9.23. The van der Waals surface area contributed by atoms with Crippen LogP contribution >= 0.6 is 11.3 Å². The summed E-state index contributed by atoms with van der Waals surface area (Å²) in [6.45, 7) is 0. The van der Waals surface area contributed by atoms with E-state index in [9.17, 15) is 0 Å². The molecule has 3 heteroatoms.